The summed E-state index contributed by atoms with van der Waals surface area (Å²) in [5.74, 6) is 0.991. The van der Waals surface area contributed by atoms with Crippen molar-refractivity contribution < 1.29 is 14.3 Å². The average Bonchev–Trinajstić information content (AvgIpc) is 2.54. The number of carbonyl (C=O) groups is 1. The van der Waals surface area contributed by atoms with Crippen LogP contribution in [0.4, 0.5) is 5.69 Å². The van der Waals surface area contributed by atoms with Gasteiger partial charge in [-0.1, -0.05) is 30.7 Å². The summed E-state index contributed by atoms with van der Waals surface area (Å²) < 4.78 is 10.9. The van der Waals surface area contributed by atoms with E-state index in [9.17, 15) is 4.79 Å². The monoisotopic (exact) mass is 319 g/mol. The fourth-order valence-electron chi connectivity index (χ4n) is 1.96. The van der Waals surface area contributed by atoms with E-state index in [1.54, 1.807) is 43.5 Å². The van der Waals surface area contributed by atoms with Gasteiger partial charge in [0.2, 0.25) is 0 Å². The molecule has 0 radical (unpaired) electrons. The van der Waals surface area contributed by atoms with Gasteiger partial charge in [0.25, 0.3) is 5.91 Å². The number of rotatable bonds is 6. The summed E-state index contributed by atoms with van der Waals surface area (Å²) >= 11 is 5.84. The average molecular weight is 320 g/mol. The fourth-order valence-corrected chi connectivity index (χ4v) is 2.09. The summed E-state index contributed by atoms with van der Waals surface area (Å²) in [6, 6.07) is 14.2. The lowest BCUT2D eigenvalue weighted by Gasteiger charge is -2.18. The number of methoxy groups -OCH3 is 1. The Bertz CT molecular complexity index is 628. The molecule has 0 unspecified atom stereocenters. The summed E-state index contributed by atoms with van der Waals surface area (Å²) in [5.41, 5.74) is 0.619. The van der Waals surface area contributed by atoms with Gasteiger partial charge in [-0.15, -0.1) is 0 Å². The van der Waals surface area contributed by atoms with Gasteiger partial charge in [-0.3, -0.25) is 4.79 Å². The Morgan fingerprint density at radius 1 is 1.18 bits per heavy atom. The van der Waals surface area contributed by atoms with Crippen LogP contribution in [0.15, 0.2) is 48.5 Å². The lowest BCUT2D eigenvalue weighted by Crippen LogP contribution is -2.32. The first kappa shape index (κ1) is 16.2. The summed E-state index contributed by atoms with van der Waals surface area (Å²) in [7, 11) is 1.56. The zero-order chi connectivity index (χ0) is 15.9. The Labute approximate surface area is 135 Å². The number of amides is 1. The number of para-hydroxylation sites is 2. The third-order valence-corrected chi connectivity index (χ3v) is 3.37. The van der Waals surface area contributed by atoms with Crippen LogP contribution in [0.1, 0.15) is 13.3 Å². The van der Waals surface area contributed by atoms with Gasteiger partial charge in [-0.05, 0) is 42.8 Å². The molecule has 0 heterocycles. The standard InChI is InChI=1S/C17H18ClNO3/c1-3-15(22-13-10-8-12(18)9-11-13)17(20)19-14-6-4-5-7-16(14)21-2/h4-11,15H,3H2,1-2H3,(H,19,20)/t15-/m0/s1. The number of nitrogens with one attached hydrogen (secondary N) is 1. The molecule has 0 fully saturated rings. The first-order valence-electron chi connectivity index (χ1n) is 7.00. The van der Waals surface area contributed by atoms with Gasteiger partial charge in [-0.25, -0.2) is 0 Å². The van der Waals surface area contributed by atoms with Crippen LogP contribution in [0.3, 0.4) is 0 Å². The normalized spacial score (nSPS) is 11.6. The van der Waals surface area contributed by atoms with Crippen molar-refractivity contribution in [2.45, 2.75) is 19.4 Å². The minimum absolute atomic E-state index is 0.220. The molecule has 0 aliphatic heterocycles. The highest BCUT2D eigenvalue weighted by molar-refractivity contribution is 6.30. The van der Waals surface area contributed by atoms with Gasteiger partial charge in [0.1, 0.15) is 11.5 Å². The Hall–Kier alpha value is -2.20. The molecule has 2 aromatic carbocycles. The van der Waals surface area contributed by atoms with Crippen molar-refractivity contribution in [1.29, 1.82) is 0 Å². The Morgan fingerprint density at radius 3 is 2.50 bits per heavy atom. The lowest BCUT2D eigenvalue weighted by molar-refractivity contribution is -0.122. The van der Waals surface area contributed by atoms with Crippen molar-refractivity contribution in [3.63, 3.8) is 0 Å². The number of hydrogen-bond donors (Lipinski definition) is 1. The molecule has 2 aromatic rings. The van der Waals surface area contributed by atoms with E-state index >= 15 is 0 Å². The minimum Gasteiger partial charge on any atom is -0.495 e. The predicted octanol–water partition coefficient (Wildman–Crippen LogP) is 4.14. The molecule has 2 rings (SSSR count). The zero-order valence-electron chi connectivity index (χ0n) is 12.5. The number of ether oxygens (including phenoxy) is 2. The van der Waals surface area contributed by atoms with E-state index < -0.39 is 6.10 Å². The van der Waals surface area contributed by atoms with Crippen LogP contribution in [0.2, 0.25) is 5.02 Å². The summed E-state index contributed by atoms with van der Waals surface area (Å²) in [6.45, 7) is 1.89. The number of anilines is 1. The van der Waals surface area contributed by atoms with E-state index in [1.807, 2.05) is 19.1 Å². The molecular formula is C17H18ClNO3. The maximum Gasteiger partial charge on any atom is 0.265 e. The second-order valence-corrected chi connectivity index (χ2v) is 5.09. The van der Waals surface area contributed by atoms with Gasteiger partial charge in [-0.2, -0.15) is 0 Å². The molecule has 22 heavy (non-hydrogen) atoms. The molecule has 116 valence electrons. The highest BCUT2D eigenvalue weighted by Crippen LogP contribution is 2.24. The minimum atomic E-state index is -0.592. The SMILES string of the molecule is CC[C@H](Oc1ccc(Cl)cc1)C(=O)Nc1ccccc1OC. The van der Waals surface area contributed by atoms with E-state index in [-0.39, 0.29) is 5.91 Å². The second-order valence-electron chi connectivity index (χ2n) is 4.66. The first-order valence-corrected chi connectivity index (χ1v) is 7.38. The van der Waals surface area contributed by atoms with Crippen molar-refractivity contribution in [2.24, 2.45) is 0 Å². The van der Waals surface area contributed by atoms with Crippen molar-refractivity contribution in [3.8, 4) is 11.5 Å². The van der Waals surface area contributed by atoms with E-state index in [1.165, 1.54) is 0 Å². The largest absolute Gasteiger partial charge is 0.495 e. The molecule has 0 bridgehead atoms. The van der Waals surface area contributed by atoms with Crippen LogP contribution in [0.25, 0.3) is 0 Å². The number of carbonyl (C=O) groups excluding carboxylic acids is 1. The molecule has 1 N–H and O–H groups in total. The smallest absolute Gasteiger partial charge is 0.265 e. The molecule has 0 aliphatic carbocycles. The molecule has 4 nitrogen and oxygen atoms in total. The quantitative estimate of drug-likeness (QED) is 0.870. The molecule has 1 atom stereocenters. The molecule has 0 aromatic heterocycles. The van der Waals surface area contributed by atoms with Crippen LogP contribution >= 0.6 is 11.6 Å². The summed E-state index contributed by atoms with van der Waals surface area (Å²) in [4.78, 5) is 12.4. The van der Waals surface area contributed by atoms with E-state index in [0.29, 0.717) is 28.6 Å². The van der Waals surface area contributed by atoms with Crippen LogP contribution in [-0.4, -0.2) is 19.1 Å². The molecule has 0 saturated carbocycles. The van der Waals surface area contributed by atoms with Crippen LogP contribution < -0.4 is 14.8 Å². The maximum atomic E-state index is 12.4. The second kappa shape index (κ2) is 7.71. The van der Waals surface area contributed by atoms with E-state index in [4.69, 9.17) is 21.1 Å². The Balaban J connectivity index is 2.07. The third kappa shape index (κ3) is 4.15. The van der Waals surface area contributed by atoms with E-state index in [2.05, 4.69) is 5.32 Å². The predicted molar refractivity (Wildman–Crippen MR) is 87.8 cm³/mol. The van der Waals surface area contributed by atoms with Crippen molar-refractivity contribution in [3.05, 3.63) is 53.6 Å². The van der Waals surface area contributed by atoms with Crippen molar-refractivity contribution in [1.82, 2.24) is 0 Å². The van der Waals surface area contributed by atoms with Crippen LogP contribution in [0, 0.1) is 0 Å². The van der Waals surface area contributed by atoms with Crippen molar-refractivity contribution in [2.75, 3.05) is 12.4 Å². The van der Waals surface area contributed by atoms with Crippen LogP contribution in [0.5, 0.6) is 11.5 Å². The van der Waals surface area contributed by atoms with Gasteiger partial charge in [0.05, 0.1) is 12.8 Å². The molecule has 0 spiro atoms. The topological polar surface area (TPSA) is 47.6 Å². The fraction of sp³-hybridized carbons (Fsp3) is 0.235. The molecule has 1 amide bonds. The Morgan fingerprint density at radius 2 is 1.86 bits per heavy atom. The first-order chi connectivity index (χ1) is 10.6. The van der Waals surface area contributed by atoms with Gasteiger partial charge in [0.15, 0.2) is 6.10 Å². The highest BCUT2D eigenvalue weighted by atomic mass is 35.5. The van der Waals surface area contributed by atoms with Crippen molar-refractivity contribution >= 4 is 23.2 Å². The lowest BCUT2D eigenvalue weighted by atomic mass is 10.2. The third-order valence-electron chi connectivity index (χ3n) is 3.12. The highest BCUT2D eigenvalue weighted by Gasteiger charge is 2.19. The summed E-state index contributed by atoms with van der Waals surface area (Å²) in [6.07, 6.45) is -0.0463. The molecule has 5 heteroatoms. The Kier molecular flexibility index (Phi) is 5.67. The maximum absolute atomic E-state index is 12.4. The number of halogens is 1. The van der Waals surface area contributed by atoms with Crippen LogP contribution in [-0.2, 0) is 4.79 Å². The van der Waals surface area contributed by atoms with Gasteiger partial charge < -0.3 is 14.8 Å². The number of hydrogen-bond acceptors (Lipinski definition) is 3. The summed E-state index contributed by atoms with van der Waals surface area (Å²) in [5, 5.41) is 3.45. The zero-order valence-corrected chi connectivity index (χ0v) is 13.3. The number of benzene rings is 2. The molecular weight excluding hydrogens is 302 g/mol. The molecule has 0 saturated heterocycles. The van der Waals surface area contributed by atoms with Gasteiger partial charge >= 0.3 is 0 Å². The van der Waals surface area contributed by atoms with Gasteiger partial charge in [0, 0.05) is 5.02 Å². The van der Waals surface area contributed by atoms with E-state index in [0.717, 1.165) is 0 Å². The molecule has 0 aliphatic rings.